The molecule has 0 aliphatic heterocycles. The van der Waals surface area contributed by atoms with Crippen LogP contribution in [0.5, 0.6) is 0 Å². The van der Waals surface area contributed by atoms with Gasteiger partial charge in [0.2, 0.25) is 0 Å². The van der Waals surface area contributed by atoms with Crippen molar-refractivity contribution in [1.29, 1.82) is 0 Å². The summed E-state index contributed by atoms with van der Waals surface area (Å²) in [5.41, 5.74) is 7.96. The number of aromatic nitrogens is 3. The number of thiazole rings is 1. The fourth-order valence-electron chi connectivity index (χ4n) is 2.82. The minimum atomic E-state index is 0.671. The molecule has 2 N–H and O–H groups in total. The monoisotopic (exact) mass is 276 g/mol. The summed E-state index contributed by atoms with van der Waals surface area (Å²) in [6, 6.07) is 0. The zero-order valence-electron chi connectivity index (χ0n) is 11.3. The Kier molecular flexibility index (Phi) is 3.66. The molecule has 0 unspecified atom stereocenters. The summed E-state index contributed by atoms with van der Waals surface area (Å²) in [6.07, 6.45) is 10.2. The van der Waals surface area contributed by atoms with Crippen LogP contribution in [0.25, 0.3) is 11.3 Å². The Balaban J connectivity index is 2.00. The van der Waals surface area contributed by atoms with Crippen molar-refractivity contribution in [3.63, 3.8) is 0 Å². The van der Waals surface area contributed by atoms with Gasteiger partial charge in [0.05, 0.1) is 16.9 Å². The van der Waals surface area contributed by atoms with E-state index in [-0.39, 0.29) is 0 Å². The highest BCUT2D eigenvalue weighted by atomic mass is 32.1. The van der Waals surface area contributed by atoms with Gasteiger partial charge in [-0.25, -0.2) is 4.98 Å². The van der Waals surface area contributed by atoms with Crippen LogP contribution in [0, 0.1) is 0 Å². The molecule has 1 aliphatic carbocycles. The Morgan fingerprint density at radius 1 is 1.42 bits per heavy atom. The van der Waals surface area contributed by atoms with Gasteiger partial charge in [-0.2, -0.15) is 5.10 Å². The summed E-state index contributed by atoms with van der Waals surface area (Å²) in [5, 5.41) is 5.44. The van der Waals surface area contributed by atoms with Crippen LogP contribution in [0.1, 0.15) is 41.5 Å². The summed E-state index contributed by atoms with van der Waals surface area (Å²) < 4.78 is 1.84. The molecule has 0 radical (unpaired) electrons. The van der Waals surface area contributed by atoms with Gasteiger partial charge >= 0.3 is 0 Å². The van der Waals surface area contributed by atoms with Crippen molar-refractivity contribution in [3.8, 4) is 11.3 Å². The smallest absolute Gasteiger partial charge is 0.0948 e. The lowest BCUT2D eigenvalue weighted by Crippen LogP contribution is -2.01. The van der Waals surface area contributed by atoms with Gasteiger partial charge < -0.3 is 5.73 Å². The van der Waals surface area contributed by atoms with Crippen LogP contribution in [-0.4, -0.2) is 21.3 Å². The summed E-state index contributed by atoms with van der Waals surface area (Å²) in [6.45, 7) is 0.671. The third kappa shape index (κ3) is 2.58. The van der Waals surface area contributed by atoms with E-state index < -0.39 is 0 Å². The van der Waals surface area contributed by atoms with Crippen LogP contribution >= 0.6 is 11.3 Å². The lowest BCUT2D eigenvalue weighted by atomic mass is 10.0. The van der Waals surface area contributed by atoms with Crippen molar-refractivity contribution in [2.75, 3.05) is 6.54 Å². The average Bonchev–Trinajstić information content (AvgIpc) is 3.07. The van der Waals surface area contributed by atoms with Gasteiger partial charge in [-0.15, -0.1) is 11.3 Å². The minimum Gasteiger partial charge on any atom is -0.330 e. The van der Waals surface area contributed by atoms with Gasteiger partial charge in [-0.1, -0.05) is 12.8 Å². The Labute approximate surface area is 117 Å². The van der Waals surface area contributed by atoms with E-state index in [0.29, 0.717) is 12.5 Å². The molecule has 2 aromatic heterocycles. The van der Waals surface area contributed by atoms with Crippen molar-refractivity contribution in [3.05, 3.63) is 22.3 Å². The summed E-state index contributed by atoms with van der Waals surface area (Å²) >= 11 is 1.86. The zero-order valence-corrected chi connectivity index (χ0v) is 12.1. The number of aryl methyl sites for hydroxylation is 1. The molecule has 1 saturated carbocycles. The molecule has 0 saturated heterocycles. The quantitative estimate of drug-likeness (QED) is 0.934. The average molecular weight is 276 g/mol. The van der Waals surface area contributed by atoms with E-state index >= 15 is 0 Å². The molecule has 1 aliphatic rings. The maximum absolute atomic E-state index is 5.67. The molecule has 2 heterocycles. The van der Waals surface area contributed by atoms with E-state index in [1.54, 1.807) is 0 Å². The molecule has 2 aromatic rings. The Hall–Kier alpha value is -1.20. The van der Waals surface area contributed by atoms with Crippen LogP contribution < -0.4 is 5.73 Å². The fourth-order valence-corrected chi connectivity index (χ4v) is 4.10. The van der Waals surface area contributed by atoms with Crippen molar-refractivity contribution in [2.24, 2.45) is 12.8 Å². The molecular weight excluding hydrogens is 256 g/mol. The maximum Gasteiger partial charge on any atom is 0.0948 e. The largest absolute Gasteiger partial charge is 0.330 e. The standard InChI is InChI=1S/C14H20N4S/c1-18-9-11(8-16-18)13-14(10-4-2-3-5-10)19-12(17-13)6-7-15/h8-10H,2-7,15H2,1H3. The lowest BCUT2D eigenvalue weighted by Gasteiger charge is -2.07. The van der Waals surface area contributed by atoms with Crippen LogP contribution in [0.4, 0.5) is 0 Å². The number of hydrogen-bond acceptors (Lipinski definition) is 4. The molecule has 4 nitrogen and oxygen atoms in total. The molecule has 3 rings (SSSR count). The highest BCUT2D eigenvalue weighted by molar-refractivity contribution is 7.12. The molecule has 1 fully saturated rings. The van der Waals surface area contributed by atoms with E-state index in [9.17, 15) is 0 Å². The topological polar surface area (TPSA) is 56.7 Å². The van der Waals surface area contributed by atoms with Crippen LogP contribution in [0.2, 0.25) is 0 Å². The van der Waals surface area contributed by atoms with E-state index in [4.69, 9.17) is 10.7 Å². The van der Waals surface area contributed by atoms with Crippen molar-refractivity contribution < 1.29 is 0 Å². The SMILES string of the molecule is Cn1cc(-c2nc(CCN)sc2C2CCCC2)cn1. The Morgan fingerprint density at radius 2 is 2.21 bits per heavy atom. The van der Waals surface area contributed by atoms with Crippen LogP contribution in [-0.2, 0) is 13.5 Å². The lowest BCUT2D eigenvalue weighted by molar-refractivity contribution is 0.737. The second-order valence-corrected chi connectivity index (χ2v) is 6.36. The molecule has 0 amide bonds. The van der Waals surface area contributed by atoms with Gasteiger partial charge in [-0.05, 0) is 25.3 Å². The highest BCUT2D eigenvalue weighted by Crippen LogP contribution is 2.42. The Bertz CT molecular complexity index is 552. The van der Waals surface area contributed by atoms with Gasteiger partial charge in [-0.3, -0.25) is 4.68 Å². The minimum absolute atomic E-state index is 0.671. The molecule has 5 heteroatoms. The molecule has 102 valence electrons. The summed E-state index contributed by atoms with van der Waals surface area (Å²) in [4.78, 5) is 6.27. The predicted octanol–water partition coefficient (Wildman–Crippen LogP) is 2.70. The number of nitrogens with two attached hydrogens (primary N) is 1. The molecule has 19 heavy (non-hydrogen) atoms. The highest BCUT2D eigenvalue weighted by Gasteiger charge is 2.24. The van der Waals surface area contributed by atoms with Crippen molar-refractivity contribution in [1.82, 2.24) is 14.8 Å². The summed E-state index contributed by atoms with van der Waals surface area (Å²) in [5.74, 6) is 0.694. The maximum atomic E-state index is 5.67. The second-order valence-electron chi connectivity index (χ2n) is 5.24. The van der Waals surface area contributed by atoms with Gasteiger partial charge in [0.1, 0.15) is 0 Å². The molecule has 0 bridgehead atoms. The predicted molar refractivity (Wildman–Crippen MR) is 78.3 cm³/mol. The first-order valence-electron chi connectivity index (χ1n) is 6.96. The first-order valence-corrected chi connectivity index (χ1v) is 7.78. The van der Waals surface area contributed by atoms with Crippen molar-refractivity contribution in [2.45, 2.75) is 38.0 Å². The number of nitrogens with zero attached hydrogens (tertiary/aromatic N) is 3. The van der Waals surface area contributed by atoms with Gasteiger partial charge in [0.25, 0.3) is 0 Å². The second kappa shape index (κ2) is 5.43. The van der Waals surface area contributed by atoms with E-state index in [1.807, 2.05) is 29.3 Å². The van der Waals surface area contributed by atoms with E-state index in [2.05, 4.69) is 11.3 Å². The molecular formula is C14H20N4S. The van der Waals surface area contributed by atoms with Crippen LogP contribution in [0.15, 0.2) is 12.4 Å². The normalized spacial score (nSPS) is 16.3. The fraction of sp³-hybridized carbons (Fsp3) is 0.571. The number of rotatable bonds is 4. The van der Waals surface area contributed by atoms with Crippen LogP contribution in [0.3, 0.4) is 0 Å². The van der Waals surface area contributed by atoms with Gasteiger partial charge in [0.15, 0.2) is 0 Å². The van der Waals surface area contributed by atoms with E-state index in [0.717, 1.165) is 17.7 Å². The molecule has 0 aromatic carbocycles. The third-order valence-electron chi connectivity index (χ3n) is 3.76. The molecule has 0 atom stereocenters. The zero-order chi connectivity index (χ0) is 13.2. The summed E-state index contributed by atoms with van der Waals surface area (Å²) in [7, 11) is 1.95. The first-order chi connectivity index (χ1) is 9.28. The van der Waals surface area contributed by atoms with Crippen molar-refractivity contribution >= 4 is 11.3 Å². The Morgan fingerprint density at radius 3 is 2.84 bits per heavy atom. The first kappa shape index (κ1) is 12.8. The van der Waals surface area contributed by atoms with E-state index in [1.165, 1.54) is 35.6 Å². The number of hydrogen-bond donors (Lipinski definition) is 1. The van der Waals surface area contributed by atoms with Gasteiger partial charge in [0, 0.05) is 30.1 Å². The molecule has 0 spiro atoms. The third-order valence-corrected chi connectivity index (χ3v) is 5.04.